The van der Waals surface area contributed by atoms with Crippen LogP contribution in [0.25, 0.3) is 0 Å². The van der Waals surface area contributed by atoms with E-state index in [1.165, 1.54) is 0 Å². The van der Waals surface area contributed by atoms with Crippen LogP contribution >= 0.6 is 0 Å². The van der Waals surface area contributed by atoms with Crippen LogP contribution in [0.2, 0.25) is 0 Å². The topological polar surface area (TPSA) is 38.3 Å². The maximum absolute atomic E-state index is 12.0. The molecule has 1 heterocycles. The van der Waals surface area contributed by atoms with Gasteiger partial charge in [-0.2, -0.15) is 0 Å². The van der Waals surface area contributed by atoms with E-state index < -0.39 is 0 Å². The van der Waals surface area contributed by atoms with E-state index in [1.54, 1.807) is 0 Å². The first-order valence-corrected chi connectivity index (χ1v) is 6.16. The molecule has 0 bridgehead atoms. The third kappa shape index (κ3) is 3.07. The van der Waals surface area contributed by atoms with Crippen molar-refractivity contribution in [1.82, 2.24) is 5.32 Å². The minimum absolute atomic E-state index is 0.0204. The number of hydrogen-bond acceptors (Lipinski definition) is 2. The second kappa shape index (κ2) is 5.32. The molecule has 1 aliphatic rings. The van der Waals surface area contributed by atoms with Crippen molar-refractivity contribution in [3.05, 3.63) is 35.4 Å². The van der Waals surface area contributed by atoms with Crippen molar-refractivity contribution in [3.63, 3.8) is 0 Å². The lowest BCUT2D eigenvalue weighted by Crippen LogP contribution is -2.40. The molecule has 2 rings (SSSR count). The third-order valence-electron chi connectivity index (χ3n) is 3.20. The van der Waals surface area contributed by atoms with Gasteiger partial charge in [-0.3, -0.25) is 4.79 Å². The van der Waals surface area contributed by atoms with E-state index in [4.69, 9.17) is 4.74 Å². The van der Waals surface area contributed by atoms with Crippen LogP contribution < -0.4 is 5.32 Å². The highest BCUT2D eigenvalue weighted by molar-refractivity contribution is 5.94. The van der Waals surface area contributed by atoms with Crippen LogP contribution in [-0.2, 0) is 4.74 Å². The Hall–Kier alpha value is -1.35. The van der Waals surface area contributed by atoms with Crippen molar-refractivity contribution in [3.8, 4) is 0 Å². The van der Waals surface area contributed by atoms with Crippen LogP contribution in [0.3, 0.4) is 0 Å². The molecule has 1 aliphatic heterocycles. The van der Waals surface area contributed by atoms with Gasteiger partial charge >= 0.3 is 0 Å². The van der Waals surface area contributed by atoms with Gasteiger partial charge in [-0.05, 0) is 38.8 Å². The van der Waals surface area contributed by atoms with Crippen LogP contribution in [0.15, 0.2) is 24.3 Å². The molecule has 3 heteroatoms. The average molecular weight is 233 g/mol. The van der Waals surface area contributed by atoms with Crippen LogP contribution in [0, 0.1) is 6.92 Å². The highest BCUT2D eigenvalue weighted by Crippen LogP contribution is 2.15. The van der Waals surface area contributed by atoms with Crippen LogP contribution in [0.4, 0.5) is 0 Å². The van der Waals surface area contributed by atoms with E-state index in [9.17, 15) is 4.79 Å². The fourth-order valence-electron chi connectivity index (χ4n) is 2.08. The average Bonchev–Trinajstić information content (AvgIpc) is 2.83. The molecule has 2 atom stereocenters. The van der Waals surface area contributed by atoms with Gasteiger partial charge in [0.15, 0.2) is 0 Å². The van der Waals surface area contributed by atoms with Gasteiger partial charge in [0.2, 0.25) is 0 Å². The molecule has 1 aromatic rings. The van der Waals surface area contributed by atoms with Gasteiger partial charge in [-0.25, -0.2) is 0 Å². The highest BCUT2D eigenvalue weighted by Gasteiger charge is 2.23. The van der Waals surface area contributed by atoms with Crippen LogP contribution in [0.5, 0.6) is 0 Å². The first kappa shape index (κ1) is 12.1. The van der Waals surface area contributed by atoms with Crippen molar-refractivity contribution < 1.29 is 9.53 Å². The van der Waals surface area contributed by atoms with Gasteiger partial charge in [-0.1, -0.05) is 17.7 Å². The predicted octanol–water partition coefficient (Wildman–Crippen LogP) is 2.29. The van der Waals surface area contributed by atoms with Gasteiger partial charge in [0, 0.05) is 12.2 Å². The summed E-state index contributed by atoms with van der Waals surface area (Å²) < 4.78 is 5.56. The minimum atomic E-state index is -0.0204. The quantitative estimate of drug-likeness (QED) is 0.870. The molecule has 1 amide bonds. The Morgan fingerprint density at radius 1 is 1.41 bits per heavy atom. The Morgan fingerprint density at radius 2 is 2.12 bits per heavy atom. The van der Waals surface area contributed by atoms with Crippen LogP contribution in [0.1, 0.15) is 35.7 Å². The summed E-state index contributed by atoms with van der Waals surface area (Å²) in [4.78, 5) is 12.0. The van der Waals surface area contributed by atoms with E-state index in [0.717, 1.165) is 25.0 Å². The monoisotopic (exact) mass is 233 g/mol. The largest absolute Gasteiger partial charge is 0.376 e. The third-order valence-corrected chi connectivity index (χ3v) is 3.20. The standard InChI is InChI=1S/C14H19NO2/c1-10-5-7-12(8-6-10)14(16)15-11(2)13-4-3-9-17-13/h5-8,11,13H,3-4,9H2,1-2H3,(H,15,16)/t11-,13+/m1/s1. The lowest BCUT2D eigenvalue weighted by molar-refractivity contribution is 0.0712. The molecular formula is C14H19NO2. The molecule has 1 aromatic carbocycles. The Labute approximate surface area is 102 Å². The number of aryl methyl sites for hydroxylation is 1. The highest BCUT2D eigenvalue weighted by atomic mass is 16.5. The van der Waals surface area contributed by atoms with Gasteiger partial charge in [0.1, 0.15) is 0 Å². The number of amides is 1. The van der Waals surface area contributed by atoms with Gasteiger partial charge < -0.3 is 10.1 Å². The second-order valence-electron chi connectivity index (χ2n) is 4.68. The molecular weight excluding hydrogens is 214 g/mol. The van der Waals surface area contributed by atoms with Crippen molar-refractivity contribution in [2.45, 2.75) is 38.8 Å². The minimum Gasteiger partial charge on any atom is -0.376 e. The number of hydrogen-bond donors (Lipinski definition) is 1. The summed E-state index contributed by atoms with van der Waals surface area (Å²) in [6, 6.07) is 7.68. The molecule has 1 fully saturated rings. The maximum atomic E-state index is 12.0. The fourth-order valence-corrected chi connectivity index (χ4v) is 2.08. The van der Waals surface area contributed by atoms with E-state index in [1.807, 2.05) is 38.1 Å². The summed E-state index contributed by atoms with van der Waals surface area (Å²) in [6.45, 7) is 4.83. The smallest absolute Gasteiger partial charge is 0.251 e. The Kier molecular flexibility index (Phi) is 3.79. The summed E-state index contributed by atoms with van der Waals surface area (Å²) in [5.41, 5.74) is 1.87. The Morgan fingerprint density at radius 3 is 2.71 bits per heavy atom. The van der Waals surface area contributed by atoms with E-state index in [-0.39, 0.29) is 18.1 Å². The van der Waals surface area contributed by atoms with Gasteiger partial charge in [0.25, 0.3) is 5.91 Å². The summed E-state index contributed by atoms with van der Waals surface area (Å²) in [5, 5.41) is 2.99. The zero-order valence-corrected chi connectivity index (χ0v) is 10.4. The molecule has 1 saturated heterocycles. The molecule has 1 N–H and O–H groups in total. The first-order chi connectivity index (χ1) is 8.16. The molecule has 92 valence electrons. The van der Waals surface area contributed by atoms with E-state index in [2.05, 4.69) is 5.32 Å². The first-order valence-electron chi connectivity index (χ1n) is 6.16. The van der Waals surface area contributed by atoms with Crippen LogP contribution in [-0.4, -0.2) is 24.7 Å². The predicted molar refractivity (Wildman–Crippen MR) is 67.1 cm³/mol. The van der Waals surface area contributed by atoms with E-state index in [0.29, 0.717) is 5.56 Å². The van der Waals surface area contributed by atoms with E-state index >= 15 is 0 Å². The Bertz CT molecular complexity index is 380. The fraction of sp³-hybridized carbons (Fsp3) is 0.500. The molecule has 0 aliphatic carbocycles. The van der Waals surface area contributed by atoms with Gasteiger partial charge in [0.05, 0.1) is 12.1 Å². The molecule has 0 unspecified atom stereocenters. The lowest BCUT2D eigenvalue weighted by Gasteiger charge is -2.20. The number of carbonyl (C=O) groups excluding carboxylic acids is 1. The summed E-state index contributed by atoms with van der Waals surface area (Å²) >= 11 is 0. The molecule has 0 spiro atoms. The molecule has 0 aromatic heterocycles. The second-order valence-corrected chi connectivity index (χ2v) is 4.68. The summed E-state index contributed by atoms with van der Waals surface area (Å²) in [6.07, 6.45) is 2.30. The summed E-state index contributed by atoms with van der Waals surface area (Å²) in [5.74, 6) is -0.0204. The van der Waals surface area contributed by atoms with Crippen molar-refractivity contribution >= 4 is 5.91 Å². The molecule has 0 radical (unpaired) electrons. The number of benzene rings is 1. The van der Waals surface area contributed by atoms with Crippen molar-refractivity contribution in [1.29, 1.82) is 0 Å². The lowest BCUT2D eigenvalue weighted by atomic mass is 10.1. The molecule has 0 saturated carbocycles. The number of rotatable bonds is 3. The normalized spacial score (nSPS) is 21.2. The maximum Gasteiger partial charge on any atom is 0.251 e. The Balaban J connectivity index is 1.94. The molecule has 3 nitrogen and oxygen atoms in total. The van der Waals surface area contributed by atoms with Crippen molar-refractivity contribution in [2.75, 3.05) is 6.61 Å². The SMILES string of the molecule is Cc1ccc(C(=O)N[C@H](C)[C@@H]2CCCO2)cc1. The van der Waals surface area contributed by atoms with Gasteiger partial charge in [-0.15, -0.1) is 0 Å². The zero-order valence-electron chi connectivity index (χ0n) is 10.4. The summed E-state index contributed by atoms with van der Waals surface area (Å²) in [7, 11) is 0. The number of carbonyl (C=O) groups is 1. The number of nitrogens with one attached hydrogen (secondary N) is 1. The molecule has 17 heavy (non-hydrogen) atoms. The zero-order chi connectivity index (χ0) is 12.3. The van der Waals surface area contributed by atoms with Crippen molar-refractivity contribution in [2.24, 2.45) is 0 Å². The number of ether oxygens (including phenoxy) is 1.